The smallest absolute Gasteiger partial charge is 0.315 e. The summed E-state index contributed by atoms with van der Waals surface area (Å²) < 4.78 is 31.2. The van der Waals surface area contributed by atoms with Crippen LogP contribution in [-0.4, -0.2) is 29.3 Å². The number of amides is 2. The van der Waals surface area contributed by atoms with Crippen molar-refractivity contribution in [3.63, 3.8) is 0 Å². The van der Waals surface area contributed by atoms with E-state index in [9.17, 15) is 13.2 Å². The molecule has 2 N–H and O–H groups in total. The van der Waals surface area contributed by atoms with E-state index in [-0.39, 0.29) is 6.54 Å². The molecule has 0 aliphatic carbocycles. The lowest BCUT2D eigenvalue weighted by Gasteiger charge is -2.29. The van der Waals surface area contributed by atoms with Gasteiger partial charge in [0.2, 0.25) is 0 Å². The minimum absolute atomic E-state index is 0.276. The molecule has 8 heteroatoms. The van der Waals surface area contributed by atoms with Crippen molar-refractivity contribution in [2.45, 2.75) is 18.8 Å². The zero-order chi connectivity index (χ0) is 14.9. The molecule has 0 saturated carbocycles. The lowest BCUT2D eigenvalue weighted by molar-refractivity contribution is 0.208. The van der Waals surface area contributed by atoms with Crippen molar-refractivity contribution in [1.82, 2.24) is 10.2 Å². The molecule has 0 saturated heterocycles. The van der Waals surface area contributed by atoms with Gasteiger partial charge in [0.05, 0.1) is 6.54 Å². The van der Waals surface area contributed by atoms with E-state index >= 15 is 0 Å². The molecule has 1 aliphatic heterocycles. The van der Waals surface area contributed by atoms with Gasteiger partial charge in [-0.1, -0.05) is 23.7 Å². The molecule has 1 aromatic carbocycles. The number of halogens is 1. The Morgan fingerprint density at radius 1 is 1.35 bits per heavy atom. The van der Waals surface area contributed by atoms with Crippen molar-refractivity contribution < 1.29 is 17.8 Å². The maximum atomic E-state index is 11.8. The van der Waals surface area contributed by atoms with Gasteiger partial charge in [0, 0.05) is 11.2 Å². The van der Waals surface area contributed by atoms with Gasteiger partial charge in [-0.05, 0) is 30.2 Å². The Labute approximate surface area is 121 Å². The van der Waals surface area contributed by atoms with Gasteiger partial charge in [-0.3, -0.25) is 9.45 Å². The third kappa shape index (κ3) is 3.30. The molecule has 108 valence electrons. The van der Waals surface area contributed by atoms with Crippen LogP contribution in [0.3, 0.4) is 0 Å². The summed E-state index contributed by atoms with van der Waals surface area (Å²) in [5.41, 5.74) is 1.18. The van der Waals surface area contributed by atoms with Crippen LogP contribution in [0.2, 0.25) is 5.02 Å². The van der Waals surface area contributed by atoms with E-state index in [4.69, 9.17) is 16.2 Å². The van der Waals surface area contributed by atoms with Crippen LogP contribution in [0, 0.1) is 0 Å². The molecule has 0 radical (unpaired) electrons. The number of hydrogen-bond acceptors (Lipinski definition) is 3. The number of hydrogen-bond donors (Lipinski definition) is 2. The summed E-state index contributed by atoms with van der Waals surface area (Å²) in [4.78, 5) is 13.2. The lowest BCUT2D eigenvalue weighted by atomic mass is 10.2. The maximum Gasteiger partial charge on any atom is 0.323 e. The van der Waals surface area contributed by atoms with Crippen molar-refractivity contribution in [1.29, 1.82) is 0 Å². The number of nitrogens with one attached hydrogen (secondary N) is 1. The molecular formula is C12H13ClN2O4S. The average Bonchev–Trinajstić information content (AvgIpc) is 2.35. The Bertz CT molecular complexity index is 655. The van der Waals surface area contributed by atoms with Crippen LogP contribution < -0.4 is 5.32 Å². The molecule has 1 aliphatic rings. The predicted molar refractivity (Wildman–Crippen MR) is 74.6 cm³/mol. The summed E-state index contributed by atoms with van der Waals surface area (Å²) in [5.74, 6) is 0. The van der Waals surface area contributed by atoms with Crippen LogP contribution in [0.5, 0.6) is 0 Å². The molecular weight excluding hydrogens is 304 g/mol. The highest BCUT2D eigenvalue weighted by Crippen LogP contribution is 2.18. The molecule has 1 heterocycles. The Kier molecular flexibility index (Phi) is 4.03. The van der Waals surface area contributed by atoms with Gasteiger partial charge < -0.3 is 5.32 Å². The maximum absolute atomic E-state index is 11.8. The van der Waals surface area contributed by atoms with Gasteiger partial charge in [-0.25, -0.2) is 4.79 Å². The lowest BCUT2D eigenvalue weighted by Crippen LogP contribution is -2.50. The third-order valence-corrected chi connectivity index (χ3v) is 4.19. The van der Waals surface area contributed by atoms with E-state index in [0.717, 1.165) is 5.56 Å². The number of urea groups is 1. The third-order valence-electron chi connectivity index (χ3n) is 2.85. The number of carbonyl (C=O) groups excluding carboxylic acids is 1. The summed E-state index contributed by atoms with van der Waals surface area (Å²) in [7, 11) is -4.35. The summed E-state index contributed by atoms with van der Waals surface area (Å²) >= 11 is 5.78. The van der Waals surface area contributed by atoms with Crippen LogP contribution in [0.1, 0.15) is 12.5 Å². The zero-order valence-corrected chi connectivity index (χ0v) is 12.1. The van der Waals surface area contributed by atoms with E-state index in [0.29, 0.717) is 10.6 Å². The number of carbonyl (C=O) groups is 1. The topological polar surface area (TPSA) is 86.7 Å². The van der Waals surface area contributed by atoms with E-state index in [2.05, 4.69) is 5.32 Å². The van der Waals surface area contributed by atoms with Crippen LogP contribution >= 0.6 is 11.6 Å². The summed E-state index contributed by atoms with van der Waals surface area (Å²) in [6.07, 6.45) is 1.41. The quantitative estimate of drug-likeness (QED) is 0.835. The normalized spacial score (nSPS) is 19.6. The van der Waals surface area contributed by atoms with Crippen molar-refractivity contribution >= 4 is 27.8 Å². The standard InChI is InChI=1S/C12H13ClN2O4S/c1-8-6-15(7-9-2-4-10(13)5-3-9)12(16)14-11(8)20(17,18)19/h2-6,11H,7H2,1H3,(H,14,16)(H,17,18,19). The van der Waals surface area contributed by atoms with Gasteiger partial charge >= 0.3 is 6.03 Å². The van der Waals surface area contributed by atoms with Gasteiger partial charge in [-0.15, -0.1) is 0 Å². The number of benzene rings is 1. The second kappa shape index (κ2) is 5.43. The summed E-state index contributed by atoms with van der Waals surface area (Å²) in [6.45, 7) is 1.80. The highest BCUT2D eigenvalue weighted by Gasteiger charge is 2.32. The van der Waals surface area contributed by atoms with Gasteiger partial charge in [0.15, 0.2) is 5.37 Å². The first-order chi connectivity index (χ1) is 9.27. The highest BCUT2D eigenvalue weighted by molar-refractivity contribution is 7.86. The van der Waals surface area contributed by atoms with Crippen molar-refractivity contribution in [2.24, 2.45) is 0 Å². The minimum atomic E-state index is -4.35. The van der Waals surface area contributed by atoms with Crippen LogP contribution in [0.25, 0.3) is 0 Å². The molecule has 6 nitrogen and oxygen atoms in total. The van der Waals surface area contributed by atoms with Crippen LogP contribution in [0.4, 0.5) is 4.79 Å². The molecule has 2 rings (SSSR count). The fourth-order valence-electron chi connectivity index (χ4n) is 1.89. The fraction of sp³-hybridized carbons (Fsp3) is 0.250. The zero-order valence-electron chi connectivity index (χ0n) is 10.6. The first-order valence-electron chi connectivity index (χ1n) is 5.73. The second-order valence-corrected chi connectivity index (χ2v) is 6.41. The molecule has 1 unspecified atom stereocenters. The number of rotatable bonds is 3. The molecule has 1 aromatic rings. The highest BCUT2D eigenvalue weighted by atomic mass is 35.5. The van der Waals surface area contributed by atoms with Crippen LogP contribution in [-0.2, 0) is 16.7 Å². The second-order valence-electron chi connectivity index (χ2n) is 4.47. The molecule has 2 amide bonds. The van der Waals surface area contributed by atoms with Gasteiger partial charge in [0.1, 0.15) is 0 Å². The Morgan fingerprint density at radius 2 is 1.95 bits per heavy atom. The van der Waals surface area contributed by atoms with E-state index < -0.39 is 21.5 Å². The fourth-order valence-corrected chi connectivity index (χ4v) is 2.80. The molecule has 0 bridgehead atoms. The van der Waals surface area contributed by atoms with E-state index in [1.54, 1.807) is 24.3 Å². The Hall–Kier alpha value is -1.57. The Morgan fingerprint density at radius 3 is 2.50 bits per heavy atom. The predicted octanol–water partition coefficient (Wildman–Crippen LogP) is 1.98. The molecule has 0 aromatic heterocycles. The van der Waals surface area contributed by atoms with E-state index in [1.165, 1.54) is 18.0 Å². The van der Waals surface area contributed by atoms with Crippen molar-refractivity contribution in [3.8, 4) is 0 Å². The minimum Gasteiger partial charge on any atom is -0.315 e. The summed E-state index contributed by atoms with van der Waals surface area (Å²) in [5, 5.41) is 1.44. The van der Waals surface area contributed by atoms with Crippen LogP contribution in [0.15, 0.2) is 36.0 Å². The van der Waals surface area contributed by atoms with E-state index in [1.807, 2.05) is 0 Å². The molecule has 0 fully saturated rings. The van der Waals surface area contributed by atoms with Gasteiger partial charge in [0.25, 0.3) is 10.1 Å². The molecule has 20 heavy (non-hydrogen) atoms. The average molecular weight is 317 g/mol. The molecule has 0 spiro atoms. The summed E-state index contributed by atoms with van der Waals surface area (Å²) in [6, 6.07) is 6.36. The largest absolute Gasteiger partial charge is 0.323 e. The van der Waals surface area contributed by atoms with Crippen molar-refractivity contribution in [3.05, 3.63) is 46.6 Å². The molecule has 1 atom stereocenters. The number of nitrogens with zero attached hydrogens (tertiary/aromatic N) is 1. The first kappa shape index (κ1) is 14.8. The first-order valence-corrected chi connectivity index (χ1v) is 7.61. The van der Waals surface area contributed by atoms with Crippen molar-refractivity contribution in [2.75, 3.05) is 0 Å². The Balaban J connectivity index is 2.20. The monoisotopic (exact) mass is 316 g/mol. The SMILES string of the molecule is CC1=CN(Cc2ccc(Cl)cc2)C(=O)NC1S(=O)(=O)O. The van der Waals surface area contributed by atoms with Gasteiger partial charge in [-0.2, -0.15) is 8.42 Å².